The molecule has 0 radical (unpaired) electrons. The van der Waals surface area contributed by atoms with E-state index in [2.05, 4.69) is 15.0 Å². The molecule has 0 aliphatic carbocycles. The molecule has 1 atom stereocenters. The molecule has 182 valence electrons. The molecule has 1 aliphatic rings. The van der Waals surface area contributed by atoms with E-state index in [-0.39, 0.29) is 22.7 Å². The second kappa shape index (κ2) is 9.23. The van der Waals surface area contributed by atoms with Crippen LogP contribution in [-0.4, -0.2) is 42.7 Å². The summed E-state index contributed by atoms with van der Waals surface area (Å²) in [5.41, 5.74) is 0.842. The number of imidazole rings is 1. The van der Waals surface area contributed by atoms with E-state index in [4.69, 9.17) is 11.6 Å². The molecule has 0 bridgehead atoms. The zero-order valence-corrected chi connectivity index (χ0v) is 20.3. The Morgan fingerprint density at radius 1 is 1.20 bits per heavy atom. The number of carbonyl (C=O) groups excluding carboxylic acids is 1. The zero-order chi connectivity index (χ0) is 24.7. The first-order valence-electron chi connectivity index (χ1n) is 11.2. The molecule has 1 saturated heterocycles. The van der Waals surface area contributed by atoms with Gasteiger partial charge in [0.1, 0.15) is 28.5 Å². The van der Waals surface area contributed by atoms with Crippen molar-refractivity contribution in [2.75, 3.05) is 6.54 Å². The first-order chi connectivity index (χ1) is 16.7. The molecule has 0 saturated carbocycles. The van der Waals surface area contributed by atoms with Crippen LogP contribution in [-0.2, 0) is 12.6 Å². The molecule has 0 unspecified atom stereocenters. The van der Waals surface area contributed by atoms with Crippen LogP contribution >= 0.6 is 22.9 Å². The van der Waals surface area contributed by atoms with Crippen molar-refractivity contribution >= 4 is 34.5 Å². The molecule has 4 heterocycles. The van der Waals surface area contributed by atoms with E-state index >= 15 is 0 Å². The van der Waals surface area contributed by atoms with E-state index in [1.807, 2.05) is 42.2 Å². The quantitative estimate of drug-likeness (QED) is 0.328. The van der Waals surface area contributed by atoms with Crippen LogP contribution in [0.25, 0.3) is 16.1 Å². The van der Waals surface area contributed by atoms with Crippen molar-refractivity contribution in [3.8, 4) is 10.4 Å². The van der Waals surface area contributed by atoms with Crippen LogP contribution in [0.3, 0.4) is 0 Å². The Bertz CT molecular complexity index is 1390. The Balaban J connectivity index is 1.45. The van der Waals surface area contributed by atoms with Gasteiger partial charge in [-0.3, -0.25) is 9.20 Å². The highest BCUT2D eigenvalue weighted by molar-refractivity contribution is 7.15. The van der Waals surface area contributed by atoms with Gasteiger partial charge in [-0.15, -0.1) is 11.3 Å². The summed E-state index contributed by atoms with van der Waals surface area (Å²) in [6.45, 7) is 2.44. The number of amides is 1. The fourth-order valence-corrected chi connectivity index (χ4v) is 5.62. The van der Waals surface area contributed by atoms with Gasteiger partial charge in [-0.2, -0.15) is 13.2 Å². The lowest BCUT2D eigenvalue weighted by Crippen LogP contribution is -2.45. The van der Waals surface area contributed by atoms with Crippen molar-refractivity contribution in [2.45, 2.75) is 44.8 Å². The van der Waals surface area contributed by atoms with Crippen LogP contribution in [0.2, 0.25) is 5.15 Å². The maximum atomic E-state index is 13.7. The van der Waals surface area contributed by atoms with Crippen LogP contribution in [0.15, 0.2) is 42.7 Å². The van der Waals surface area contributed by atoms with Gasteiger partial charge in [0.25, 0.3) is 5.91 Å². The average molecular weight is 520 g/mol. The lowest BCUT2D eigenvalue weighted by molar-refractivity contribution is -0.141. The van der Waals surface area contributed by atoms with Crippen LogP contribution in [0.5, 0.6) is 0 Å². The van der Waals surface area contributed by atoms with Gasteiger partial charge in [0.05, 0.1) is 15.6 Å². The predicted molar refractivity (Wildman–Crippen MR) is 128 cm³/mol. The third-order valence-electron chi connectivity index (χ3n) is 6.10. The number of benzene rings is 1. The normalized spacial score (nSPS) is 16.7. The van der Waals surface area contributed by atoms with Gasteiger partial charge in [-0.25, -0.2) is 15.0 Å². The summed E-state index contributed by atoms with van der Waals surface area (Å²) in [5.74, 6) is -0.154. The second-order valence-electron chi connectivity index (χ2n) is 8.48. The van der Waals surface area contributed by atoms with Crippen LogP contribution in [0, 0.1) is 6.92 Å². The predicted octanol–water partition coefficient (Wildman–Crippen LogP) is 6.07. The summed E-state index contributed by atoms with van der Waals surface area (Å²) in [7, 11) is 0. The number of halogens is 4. The minimum Gasteiger partial charge on any atom is -0.334 e. The maximum Gasteiger partial charge on any atom is 0.433 e. The Morgan fingerprint density at radius 2 is 1.97 bits per heavy atom. The number of rotatable bonds is 4. The maximum absolute atomic E-state index is 13.7. The Kier molecular flexibility index (Phi) is 6.27. The molecular weight excluding hydrogens is 499 g/mol. The van der Waals surface area contributed by atoms with Crippen molar-refractivity contribution < 1.29 is 18.0 Å². The smallest absolute Gasteiger partial charge is 0.334 e. The molecule has 4 aromatic rings. The first kappa shape index (κ1) is 23.7. The highest BCUT2D eigenvalue weighted by atomic mass is 35.5. The second-order valence-corrected chi connectivity index (χ2v) is 10.0. The summed E-state index contributed by atoms with van der Waals surface area (Å²) >= 11 is 7.94. The number of fused-ring (bicyclic) bond motifs is 1. The van der Waals surface area contributed by atoms with Crippen LogP contribution in [0.1, 0.15) is 46.1 Å². The van der Waals surface area contributed by atoms with Crippen molar-refractivity contribution in [2.24, 2.45) is 0 Å². The number of aromatic nitrogens is 4. The number of likely N-dealkylation sites (tertiary alicyclic amines) is 1. The van der Waals surface area contributed by atoms with E-state index in [0.717, 1.165) is 47.1 Å². The molecule has 1 aromatic carbocycles. The molecule has 35 heavy (non-hydrogen) atoms. The molecule has 3 aromatic heterocycles. The van der Waals surface area contributed by atoms with Gasteiger partial charge in [0.2, 0.25) is 0 Å². The number of carbonyl (C=O) groups is 1. The topological polar surface area (TPSA) is 63.4 Å². The minimum atomic E-state index is -4.57. The monoisotopic (exact) mass is 519 g/mol. The fraction of sp³-hybridized carbons (Fsp3) is 0.333. The van der Waals surface area contributed by atoms with Gasteiger partial charge in [0.15, 0.2) is 0 Å². The molecule has 1 aliphatic heterocycles. The summed E-state index contributed by atoms with van der Waals surface area (Å²) in [4.78, 5) is 28.7. The SMILES string of the molecule is Cc1nc(C(=O)N2CCCC[C@H]2Cc2nc3cc(C(F)(F)F)ncn3c2Cl)c(-c2ccccc2)s1. The average Bonchev–Trinajstić information content (AvgIpc) is 3.38. The highest BCUT2D eigenvalue weighted by Gasteiger charge is 2.34. The number of alkyl halides is 3. The van der Waals surface area contributed by atoms with Gasteiger partial charge in [-0.1, -0.05) is 41.9 Å². The molecular formula is C24H21ClF3N5OS. The Labute approximate surface area is 208 Å². The molecule has 11 heteroatoms. The van der Waals surface area contributed by atoms with E-state index in [1.54, 1.807) is 0 Å². The molecule has 6 nitrogen and oxygen atoms in total. The Hall–Kier alpha value is -2.98. The minimum absolute atomic E-state index is 0.0718. The zero-order valence-electron chi connectivity index (χ0n) is 18.7. The van der Waals surface area contributed by atoms with Crippen LogP contribution < -0.4 is 0 Å². The largest absolute Gasteiger partial charge is 0.433 e. The number of thiazole rings is 1. The summed E-state index contributed by atoms with van der Waals surface area (Å²) < 4.78 is 40.5. The first-order valence-corrected chi connectivity index (χ1v) is 12.4. The number of hydrogen-bond acceptors (Lipinski definition) is 5. The van der Waals surface area contributed by atoms with Gasteiger partial charge in [0, 0.05) is 25.1 Å². The van der Waals surface area contributed by atoms with Gasteiger partial charge in [-0.05, 0) is 31.7 Å². The third-order valence-corrected chi connectivity index (χ3v) is 7.52. The molecule has 1 amide bonds. The van der Waals surface area contributed by atoms with Gasteiger partial charge >= 0.3 is 6.18 Å². The van der Waals surface area contributed by atoms with Crippen molar-refractivity contribution in [1.82, 2.24) is 24.3 Å². The van der Waals surface area contributed by atoms with E-state index in [0.29, 0.717) is 24.4 Å². The van der Waals surface area contributed by atoms with Crippen molar-refractivity contribution in [3.63, 3.8) is 0 Å². The van der Waals surface area contributed by atoms with Crippen molar-refractivity contribution in [1.29, 1.82) is 0 Å². The number of hydrogen-bond donors (Lipinski definition) is 0. The highest BCUT2D eigenvalue weighted by Crippen LogP contribution is 2.34. The number of piperidine rings is 1. The molecule has 0 spiro atoms. The molecule has 0 N–H and O–H groups in total. The summed E-state index contributed by atoms with van der Waals surface area (Å²) in [6.07, 6.45) is -0.673. The van der Waals surface area contributed by atoms with Crippen LogP contribution in [0.4, 0.5) is 13.2 Å². The summed E-state index contributed by atoms with van der Waals surface area (Å²) in [6, 6.07) is 10.4. The van der Waals surface area contributed by atoms with E-state index < -0.39 is 11.9 Å². The number of nitrogens with zero attached hydrogens (tertiary/aromatic N) is 5. The standard InChI is InChI=1S/C24H21ClF3N5OS/c1-14-30-20(21(35-14)15-7-3-2-4-8-15)23(34)32-10-6-5-9-16(32)11-17-22(25)33-13-29-18(24(26,27)28)12-19(33)31-17/h2-4,7-8,12-13,16H,5-6,9-11H2,1H3/t16-/m0/s1. The Morgan fingerprint density at radius 3 is 2.71 bits per heavy atom. The van der Waals surface area contributed by atoms with E-state index in [9.17, 15) is 18.0 Å². The summed E-state index contributed by atoms with van der Waals surface area (Å²) in [5, 5.41) is 1.01. The van der Waals surface area contributed by atoms with Gasteiger partial charge < -0.3 is 4.90 Å². The number of aryl methyl sites for hydroxylation is 1. The third kappa shape index (κ3) is 4.64. The fourth-order valence-electron chi connectivity index (χ4n) is 4.45. The van der Waals surface area contributed by atoms with Crippen molar-refractivity contribution in [3.05, 3.63) is 70.0 Å². The molecule has 1 fully saturated rings. The lowest BCUT2D eigenvalue weighted by Gasteiger charge is -2.35. The lowest BCUT2D eigenvalue weighted by atomic mass is 9.97. The van der Waals surface area contributed by atoms with E-state index in [1.165, 1.54) is 15.7 Å². The molecule has 5 rings (SSSR count).